The van der Waals surface area contributed by atoms with E-state index in [-0.39, 0.29) is 6.61 Å². The zero-order valence-electron chi connectivity index (χ0n) is 11.0. The standard InChI is InChI=1S/C16H26O/c1-2-3-4-5-6-7-8-9-10-11-12-13-14-15-16-17/h3-4,6-7,9-10,12-13,17H,2,5,8,11,14-16H2,1H3/b4-3+,7-6+,10-9+,13-12+. The molecule has 0 heterocycles. The van der Waals surface area contributed by atoms with Crippen LogP contribution >= 0.6 is 0 Å². The van der Waals surface area contributed by atoms with E-state index in [0.29, 0.717) is 0 Å². The van der Waals surface area contributed by atoms with E-state index in [1.807, 2.05) is 0 Å². The molecule has 1 N–H and O–H groups in total. The molecule has 0 aromatic heterocycles. The number of aliphatic hydroxyl groups is 1. The Morgan fingerprint density at radius 3 is 1.65 bits per heavy atom. The van der Waals surface area contributed by atoms with Crippen molar-refractivity contribution in [2.45, 2.75) is 45.4 Å². The number of hydrogen-bond donors (Lipinski definition) is 1. The highest BCUT2D eigenvalue weighted by Gasteiger charge is 1.77. The number of unbranched alkanes of at least 4 members (excludes halogenated alkanes) is 1. The predicted octanol–water partition coefficient (Wildman–Crippen LogP) is 4.56. The average Bonchev–Trinajstić information content (AvgIpc) is 2.35. The molecule has 0 unspecified atom stereocenters. The van der Waals surface area contributed by atoms with Gasteiger partial charge in [-0.05, 0) is 38.5 Å². The summed E-state index contributed by atoms with van der Waals surface area (Å²) in [5.74, 6) is 0. The molecule has 96 valence electrons. The van der Waals surface area contributed by atoms with Gasteiger partial charge in [0.05, 0.1) is 0 Å². The molecular weight excluding hydrogens is 208 g/mol. The summed E-state index contributed by atoms with van der Waals surface area (Å²) in [5, 5.41) is 8.58. The zero-order chi connectivity index (χ0) is 12.6. The molecule has 1 nitrogen and oxygen atoms in total. The first-order chi connectivity index (χ1) is 8.41. The number of aliphatic hydroxyl groups excluding tert-OH is 1. The van der Waals surface area contributed by atoms with Gasteiger partial charge in [-0.25, -0.2) is 0 Å². The minimum Gasteiger partial charge on any atom is -0.396 e. The van der Waals surface area contributed by atoms with Gasteiger partial charge in [-0.15, -0.1) is 0 Å². The van der Waals surface area contributed by atoms with E-state index in [4.69, 9.17) is 5.11 Å². The largest absolute Gasteiger partial charge is 0.396 e. The van der Waals surface area contributed by atoms with Crippen LogP contribution in [-0.4, -0.2) is 11.7 Å². The summed E-state index contributed by atoms with van der Waals surface area (Å²) in [6, 6.07) is 0. The second-order valence-corrected chi connectivity index (χ2v) is 3.87. The predicted molar refractivity (Wildman–Crippen MR) is 77.0 cm³/mol. The number of rotatable bonds is 10. The van der Waals surface area contributed by atoms with Crippen molar-refractivity contribution in [3.8, 4) is 0 Å². The van der Waals surface area contributed by atoms with E-state index in [0.717, 1.165) is 38.5 Å². The second kappa shape index (κ2) is 14.9. The molecule has 0 fully saturated rings. The molecule has 0 bridgehead atoms. The first kappa shape index (κ1) is 15.9. The fourth-order valence-electron chi connectivity index (χ4n) is 1.31. The van der Waals surface area contributed by atoms with Crippen LogP contribution in [0.3, 0.4) is 0 Å². The van der Waals surface area contributed by atoms with E-state index < -0.39 is 0 Å². The van der Waals surface area contributed by atoms with Crippen molar-refractivity contribution in [2.24, 2.45) is 0 Å². The van der Waals surface area contributed by atoms with Gasteiger partial charge in [0, 0.05) is 6.61 Å². The molecular formula is C16H26O. The van der Waals surface area contributed by atoms with Crippen LogP contribution in [0, 0.1) is 0 Å². The highest BCUT2D eigenvalue weighted by atomic mass is 16.2. The van der Waals surface area contributed by atoms with Crippen molar-refractivity contribution in [1.82, 2.24) is 0 Å². The van der Waals surface area contributed by atoms with Crippen molar-refractivity contribution in [3.63, 3.8) is 0 Å². The number of hydrogen-bond acceptors (Lipinski definition) is 1. The maximum atomic E-state index is 8.58. The smallest absolute Gasteiger partial charge is 0.0433 e. The zero-order valence-corrected chi connectivity index (χ0v) is 11.0. The summed E-state index contributed by atoms with van der Waals surface area (Å²) in [6.45, 7) is 2.44. The van der Waals surface area contributed by atoms with Crippen molar-refractivity contribution in [3.05, 3.63) is 48.6 Å². The van der Waals surface area contributed by atoms with Gasteiger partial charge in [0.15, 0.2) is 0 Å². The third-order valence-corrected chi connectivity index (χ3v) is 2.25. The van der Waals surface area contributed by atoms with Crippen LogP contribution in [-0.2, 0) is 0 Å². The van der Waals surface area contributed by atoms with Crippen LogP contribution in [0.2, 0.25) is 0 Å². The molecule has 0 aliphatic rings. The number of allylic oxidation sites excluding steroid dienone is 8. The Morgan fingerprint density at radius 1 is 0.706 bits per heavy atom. The maximum absolute atomic E-state index is 8.58. The van der Waals surface area contributed by atoms with Gasteiger partial charge in [-0.3, -0.25) is 0 Å². The van der Waals surface area contributed by atoms with Gasteiger partial charge in [0.2, 0.25) is 0 Å². The lowest BCUT2D eigenvalue weighted by Gasteiger charge is -1.87. The summed E-state index contributed by atoms with van der Waals surface area (Å²) in [5.41, 5.74) is 0. The molecule has 0 atom stereocenters. The minimum atomic E-state index is 0.289. The molecule has 0 aliphatic carbocycles. The van der Waals surface area contributed by atoms with E-state index in [9.17, 15) is 0 Å². The molecule has 0 amide bonds. The Balaban J connectivity index is 3.35. The van der Waals surface area contributed by atoms with Crippen molar-refractivity contribution < 1.29 is 5.11 Å². The Morgan fingerprint density at radius 2 is 1.18 bits per heavy atom. The van der Waals surface area contributed by atoms with Gasteiger partial charge in [0.1, 0.15) is 0 Å². The molecule has 0 spiro atoms. The van der Waals surface area contributed by atoms with Gasteiger partial charge in [0.25, 0.3) is 0 Å². The highest BCUT2D eigenvalue weighted by Crippen LogP contribution is 1.95. The summed E-state index contributed by atoms with van der Waals surface area (Å²) < 4.78 is 0. The SMILES string of the molecule is CC/C=C/C/C=C/C/C=C/C/C=C/CCCO. The van der Waals surface area contributed by atoms with Gasteiger partial charge >= 0.3 is 0 Å². The Labute approximate surface area is 106 Å². The maximum Gasteiger partial charge on any atom is 0.0433 e. The minimum absolute atomic E-state index is 0.289. The highest BCUT2D eigenvalue weighted by molar-refractivity contribution is 4.99. The van der Waals surface area contributed by atoms with Crippen LogP contribution in [0.15, 0.2) is 48.6 Å². The van der Waals surface area contributed by atoms with Gasteiger partial charge in [-0.1, -0.05) is 55.5 Å². The van der Waals surface area contributed by atoms with Crippen LogP contribution in [0.5, 0.6) is 0 Å². The summed E-state index contributed by atoms with van der Waals surface area (Å²) in [6.07, 6.45) is 23.5. The van der Waals surface area contributed by atoms with E-state index in [2.05, 4.69) is 55.5 Å². The van der Waals surface area contributed by atoms with Crippen LogP contribution < -0.4 is 0 Å². The summed E-state index contributed by atoms with van der Waals surface area (Å²) in [7, 11) is 0. The molecule has 0 aromatic carbocycles. The van der Waals surface area contributed by atoms with E-state index in [1.165, 1.54) is 0 Å². The van der Waals surface area contributed by atoms with Crippen LogP contribution in [0.4, 0.5) is 0 Å². The Bertz CT molecular complexity index is 246. The van der Waals surface area contributed by atoms with E-state index >= 15 is 0 Å². The Hall–Kier alpha value is -1.08. The van der Waals surface area contributed by atoms with Crippen molar-refractivity contribution >= 4 is 0 Å². The van der Waals surface area contributed by atoms with Gasteiger partial charge in [-0.2, -0.15) is 0 Å². The monoisotopic (exact) mass is 234 g/mol. The third-order valence-electron chi connectivity index (χ3n) is 2.25. The van der Waals surface area contributed by atoms with Crippen LogP contribution in [0.1, 0.15) is 45.4 Å². The topological polar surface area (TPSA) is 20.2 Å². The molecule has 17 heavy (non-hydrogen) atoms. The fraction of sp³-hybridized carbons (Fsp3) is 0.500. The molecule has 0 saturated carbocycles. The molecule has 1 heteroatoms. The van der Waals surface area contributed by atoms with Gasteiger partial charge < -0.3 is 5.11 Å². The normalized spacial score (nSPS) is 12.8. The molecule has 0 aliphatic heterocycles. The van der Waals surface area contributed by atoms with Crippen molar-refractivity contribution in [1.29, 1.82) is 0 Å². The lowest BCUT2D eigenvalue weighted by atomic mass is 10.2. The Kier molecular flexibility index (Phi) is 14.0. The first-order valence-corrected chi connectivity index (χ1v) is 6.62. The van der Waals surface area contributed by atoms with E-state index in [1.54, 1.807) is 0 Å². The third kappa shape index (κ3) is 14.9. The quantitative estimate of drug-likeness (QED) is 0.434. The summed E-state index contributed by atoms with van der Waals surface area (Å²) >= 11 is 0. The lowest BCUT2D eigenvalue weighted by molar-refractivity contribution is 0.289. The van der Waals surface area contributed by atoms with Crippen molar-refractivity contribution in [2.75, 3.05) is 6.61 Å². The fourth-order valence-corrected chi connectivity index (χ4v) is 1.31. The lowest BCUT2D eigenvalue weighted by Crippen LogP contribution is -1.77. The first-order valence-electron chi connectivity index (χ1n) is 6.62. The molecule has 0 aromatic rings. The second-order valence-electron chi connectivity index (χ2n) is 3.87. The summed E-state index contributed by atoms with van der Waals surface area (Å²) in [4.78, 5) is 0. The molecule has 0 saturated heterocycles. The molecule has 0 radical (unpaired) electrons. The van der Waals surface area contributed by atoms with Crippen LogP contribution in [0.25, 0.3) is 0 Å². The average molecular weight is 234 g/mol. The molecule has 0 rings (SSSR count).